The third-order valence-corrected chi connectivity index (χ3v) is 2.71. The van der Waals surface area contributed by atoms with Crippen LogP contribution in [-0.2, 0) is 4.74 Å². The Bertz CT molecular complexity index is 316. The molecule has 0 aromatic carbocycles. The molecule has 0 aromatic rings. The van der Waals surface area contributed by atoms with Gasteiger partial charge in [-0.1, -0.05) is 0 Å². The van der Waals surface area contributed by atoms with E-state index in [1.54, 1.807) is 20.8 Å². The largest absolute Gasteiger partial charge is 0.444 e. The fourth-order valence-electron chi connectivity index (χ4n) is 1.81. The Labute approximate surface area is 103 Å². The van der Waals surface area contributed by atoms with Crippen molar-refractivity contribution in [2.45, 2.75) is 51.0 Å². The summed E-state index contributed by atoms with van der Waals surface area (Å²) in [5.41, 5.74) is -3.23. The number of rotatable bonds is 2. The lowest BCUT2D eigenvalue weighted by Gasteiger charge is -2.44. The molecule has 0 heterocycles. The number of amides is 1. The highest BCUT2D eigenvalue weighted by Gasteiger charge is 2.60. The Balaban J connectivity index is 2.27. The third-order valence-electron chi connectivity index (χ3n) is 2.71. The summed E-state index contributed by atoms with van der Waals surface area (Å²) in [4.78, 5) is 11.2. The van der Waals surface area contributed by atoms with Crippen molar-refractivity contribution in [2.75, 3.05) is 6.54 Å². The van der Waals surface area contributed by atoms with E-state index in [4.69, 9.17) is 4.74 Å². The predicted molar refractivity (Wildman–Crippen MR) is 58.0 cm³/mol. The number of nitrogens with one attached hydrogen (secondary N) is 1. The summed E-state index contributed by atoms with van der Waals surface area (Å²) in [5.74, 6) is -0.371. The van der Waals surface area contributed by atoms with Crippen LogP contribution < -0.4 is 5.32 Å². The smallest absolute Gasteiger partial charge is 0.417 e. The van der Waals surface area contributed by atoms with Gasteiger partial charge in [-0.25, -0.2) is 4.79 Å². The monoisotopic (exact) mass is 269 g/mol. The first kappa shape index (κ1) is 15.1. The summed E-state index contributed by atoms with van der Waals surface area (Å²) in [6.45, 7) is 5.16. The number of ether oxygens (including phenoxy) is 1. The Morgan fingerprint density at radius 1 is 1.39 bits per heavy atom. The Morgan fingerprint density at radius 2 is 1.89 bits per heavy atom. The molecule has 1 amide bonds. The molecule has 0 atom stereocenters. The van der Waals surface area contributed by atoms with E-state index in [-0.39, 0.29) is 25.3 Å². The fraction of sp³-hybridized carbons (Fsp3) is 0.909. The van der Waals surface area contributed by atoms with Gasteiger partial charge in [0.25, 0.3) is 0 Å². The van der Waals surface area contributed by atoms with Gasteiger partial charge in [0.05, 0.1) is 0 Å². The van der Waals surface area contributed by atoms with Crippen molar-refractivity contribution in [2.24, 2.45) is 5.92 Å². The van der Waals surface area contributed by atoms with E-state index in [1.165, 1.54) is 0 Å². The Kier molecular flexibility index (Phi) is 3.86. The molecule has 0 spiro atoms. The minimum absolute atomic E-state index is 0.0767. The molecule has 1 rings (SSSR count). The molecule has 106 valence electrons. The highest BCUT2D eigenvalue weighted by atomic mass is 19.4. The minimum Gasteiger partial charge on any atom is -0.444 e. The second-order valence-corrected chi connectivity index (χ2v) is 5.69. The third kappa shape index (κ3) is 3.76. The van der Waals surface area contributed by atoms with Gasteiger partial charge in [-0.05, 0) is 39.5 Å². The van der Waals surface area contributed by atoms with Crippen LogP contribution in [0.4, 0.5) is 18.0 Å². The summed E-state index contributed by atoms with van der Waals surface area (Å²) >= 11 is 0. The number of halogens is 3. The summed E-state index contributed by atoms with van der Waals surface area (Å²) in [5, 5.41) is 11.6. The molecule has 0 unspecified atom stereocenters. The molecule has 1 aliphatic carbocycles. The van der Waals surface area contributed by atoms with Crippen molar-refractivity contribution >= 4 is 6.09 Å². The van der Waals surface area contributed by atoms with E-state index in [1.807, 2.05) is 0 Å². The van der Waals surface area contributed by atoms with Crippen molar-refractivity contribution in [1.82, 2.24) is 5.32 Å². The van der Waals surface area contributed by atoms with Crippen LogP contribution in [0, 0.1) is 5.92 Å². The molecule has 4 nitrogen and oxygen atoms in total. The number of aliphatic hydroxyl groups is 1. The maximum absolute atomic E-state index is 12.3. The molecule has 0 radical (unpaired) electrons. The Hall–Kier alpha value is -0.980. The number of alkyl carbamates (subject to hydrolysis) is 1. The fourth-order valence-corrected chi connectivity index (χ4v) is 1.81. The first-order valence-electron chi connectivity index (χ1n) is 5.69. The van der Waals surface area contributed by atoms with Gasteiger partial charge in [0.2, 0.25) is 0 Å². The molecule has 1 fully saturated rings. The van der Waals surface area contributed by atoms with E-state index in [0.717, 1.165) is 0 Å². The van der Waals surface area contributed by atoms with Crippen molar-refractivity contribution in [1.29, 1.82) is 0 Å². The summed E-state index contributed by atoms with van der Waals surface area (Å²) in [6.07, 6.45) is -6.03. The highest BCUT2D eigenvalue weighted by molar-refractivity contribution is 5.67. The zero-order chi connectivity index (χ0) is 14.2. The van der Waals surface area contributed by atoms with Crippen molar-refractivity contribution < 1.29 is 27.8 Å². The average molecular weight is 269 g/mol. The lowest BCUT2D eigenvalue weighted by atomic mass is 9.70. The maximum atomic E-state index is 12.3. The molecule has 1 saturated carbocycles. The first-order chi connectivity index (χ1) is 7.93. The number of hydrogen-bond donors (Lipinski definition) is 2. The molecular formula is C11H18F3NO3. The van der Waals surface area contributed by atoms with Crippen LogP contribution in [0.1, 0.15) is 33.6 Å². The number of carbonyl (C=O) groups is 1. The molecule has 2 N–H and O–H groups in total. The average Bonchev–Trinajstić information content (AvgIpc) is 2.05. The van der Waals surface area contributed by atoms with Crippen LogP contribution >= 0.6 is 0 Å². The molecule has 0 bridgehead atoms. The summed E-state index contributed by atoms with van der Waals surface area (Å²) in [6, 6.07) is 0. The van der Waals surface area contributed by atoms with Crippen LogP contribution in [0.5, 0.6) is 0 Å². The van der Waals surface area contributed by atoms with Crippen molar-refractivity contribution in [3.63, 3.8) is 0 Å². The van der Waals surface area contributed by atoms with Gasteiger partial charge in [-0.2, -0.15) is 13.2 Å². The second-order valence-electron chi connectivity index (χ2n) is 5.69. The van der Waals surface area contributed by atoms with Crippen molar-refractivity contribution in [3.05, 3.63) is 0 Å². The molecular weight excluding hydrogens is 251 g/mol. The summed E-state index contributed by atoms with van der Waals surface area (Å²) in [7, 11) is 0. The lowest BCUT2D eigenvalue weighted by Crippen LogP contribution is -2.57. The van der Waals surface area contributed by atoms with Gasteiger partial charge < -0.3 is 15.2 Å². The van der Waals surface area contributed by atoms with E-state index in [2.05, 4.69) is 5.32 Å². The zero-order valence-electron chi connectivity index (χ0n) is 10.6. The van der Waals surface area contributed by atoms with Gasteiger partial charge in [0, 0.05) is 6.54 Å². The van der Waals surface area contributed by atoms with Crippen LogP contribution in [-0.4, -0.2) is 35.1 Å². The number of alkyl halides is 3. The van der Waals surface area contributed by atoms with Crippen LogP contribution in [0.3, 0.4) is 0 Å². The quantitative estimate of drug-likeness (QED) is 0.808. The SMILES string of the molecule is CC(C)(C)OC(=O)NCC1CC(O)(C(F)(F)F)C1. The van der Waals surface area contributed by atoms with Gasteiger partial charge in [0.15, 0.2) is 5.60 Å². The van der Waals surface area contributed by atoms with E-state index >= 15 is 0 Å². The normalized spacial score (nSPS) is 28.5. The first-order valence-corrected chi connectivity index (χ1v) is 5.69. The summed E-state index contributed by atoms with van der Waals surface area (Å²) < 4.78 is 41.9. The van der Waals surface area contributed by atoms with Gasteiger partial charge >= 0.3 is 12.3 Å². The van der Waals surface area contributed by atoms with E-state index in [0.29, 0.717) is 0 Å². The van der Waals surface area contributed by atoms with Gasteiger partial charge in [0.1, 0.15) is 5.60 Å². The Morgan fingerprint density at radius 3 is 2.28 bits per heavy atom. The standard InChI is InChI=1S/C11H18F3NO3/c1-9(2,3)18-8(16)15-6-7-4-10(17,5-7)11(12,13)14/h7,17H,4-6H2,1-3H3,(H,15,16). The highest BCUT2D eigenvalue weighted by Crippen LogP contribution is 2.48. The lowest BCUT2D eigenvalue weighted by molar-refractivity contribution is -0.298. The zero-order valence-corrected chi connectivity index (χ0v) is 10.6. The molecule has 7 heteroatoms. The van der Waals surface area contributed by atoms with Crippen LogP contribution in [0.2, 0.25) is 0 Å². The molecule has 1 aliphatic rings. The topological polar surface area (TPSA) is 58.6 Å². The second kappa shape index (κ2) is 4.60. The molecule has 0 aromatic heterocycles. The van der Waals surface area contributed by atoms with Gasteiger partial charge in [-0.15, -0.1) is 0 Å². The van der Waals surface area contributed by atoms with Crippen LogP contribution in [0.15, 0.2) is 0 Å². The number of carbonyl (C=O) groups excluding carboxylic acids is 1. The number of hydrogen-bond acceptors (Lipinski definition) is 3. The van der Waals surface area contributed by atoms with E-state index < -0.39 is 23.5 Å². The van der Waals surface area contributed by atoms with E-state index in [9.17, 15) is 23.1 Å². The molecule has 0 saturated heterocycles. The molecule has 0 aliphatic heterocycles. The maximum Gasteiger partial charge on any atom is 0.417 e. The molecule has 18 heavy (non-hydrogen) atoms. The van der Waals surface area contributed by atoms with Crippen molar-refractivity contribution in [3.8, 4) is 0 Å². The van der Waals surface area contributed by atoms with Gasteiger partial charge in [-0.3, -0.25) is 0 Å². The predicted octanol–water partition coefficient (Wildman–Crippen LogP) is 2.21. The van der Waals surface area contributed by atoms with Crippen LogP contribution in [0.25, 0.3) is 0 Å². The minimum atomic E-state index is -4.60.